The Morgan fingerprint density at radius 1 is 1.18 bits per heavy atom. The number of thioether (sulfide) groups is 1. The zero-order valence-electron chi connectivity index (χ0n) is 11.0. The summed E-state index contributed by atoms with van der Waals surface area (Å²) in [4.78, 5) is 1.10. The molecule has 0 radical (unpaired) electrons. The van der Waals surface area contributed by atoms with Gasteiger partial charge in [0.05, 0.1) is 20.8 Å². The molecule has 0 aliphatic carbocycles. The molecule has 0 atom stereocenters. The van der Waals surface area contributed by atoms with Crippen LogP contribution in [0.5, 0.6) is 11.5 Å². The minimum atomic E-state index is -0.204. The average Bonchev–Trinajstić information content (AvgIpc) is 2.31. The maximum Gasteiger partial charge on any atom is 0.161 e. The fraction of sp³-hybridized carbons (Fsp3) is 0.538. The zero-order chi connectivity index (χ0) is 13.1. The van der Waals surface area contributed by atoms with E-state index in [0.717, 1.165) is 16.2 Å². The molecule has 0 heterocycles. The van der Waals surface area contributed by atoms with Gasteiger partial charge in [-0.25, -0.2) is 0 Å². The molecule has 0 amide bonds. The molecule has 0 aromatic heterocycles. The van der Waals surface area contributed by atoms with Gasteiger partial charge in [-0.3, -0.25) is 0 Å². The number of hydrogen-bond donors (Lipinski definition) is 1. The Labute approximate surface area is 107 Å². The normalized spacial score (nSPS) is 11.4. The molecule has 17 heavy (non-hydrogen) atoms. The lowest BCUT2D eigenvalue weighted by molar-refractivity contribution is 0.265. The highest BCUT2D eigenvalue weighted by molar-refractivity contribution is 8.00. The van der Waals surface area contributed by atoms with Crippen LogP contribution in [0.2, 0.25) is 0 Å². The molecular formula is C13H20O3S. The number of aliphatic hydroxyl groups is 1. The topological polar surface area (TPSA) is 38.7 Å². The van der Waals surface area contributed by atoms with Gasteiger partial charge in [0.1, 0.15) is 0 Å². The lowest BCUT2D eigenvalue weighted by Crippen LogP contribution is -2.19. The molecule has 0 aliphatic heterocycles. The van der Waals surface area contributed by atoms with Crippen LogP contribution in [-0.2, 0) is 0 Å². The number of rotatable bonds is 5. The van der Waals surface area contributed by atoms with Gasteiger partial charge in [-0.15, -0.1) is 11.8 Å². The molecule has 4 heteroatoms. The summed E-state index contributed by atoms with van der Waals surface area (Å²) in [5, 5.41) is 9.30. The predicted octanol–water partition coefficient (Wildman–Crippen LogP) is 2.88. The first-order valence-corrected chi connectivity index (χ1v) is 6.27. The number of ether oxygens (including phenoxy) is 2. The fourth-order valence-electron chi connectivity index (χ4n) is 1.40. The summed E-state index contributed by atoms with van der Waals surface area (Å²) in [5.41, 5.74) is 1.12. The van der Waals surface area contributed by atoms with E-state index < -0.39 is 0 Å². The maximum absolute atomic E-state index is 9.30. The summed E-state index contributed by atoms with van der Waals surface area (Å²) < 4.78 is 10.3. The number of hydrogen-bond acceptors (Lipinski definition) is 4. The number of methoxy groups -OCH3 is 2. The molecular weight excluding hydrogens is 236 g/mol. The van der Waals surface area contributed by atoms with Gasteiger partial charge < -0.3 is 14.6 Å². The van der Waals surface area contributed by atoms with Gasteiger partial charge in [-0.2, -0.15) is 0 Å². The van der Waals surface area contributed by atoms with Gasteiger partial charge in [0.25, 0.3) is 0 Å². The third kappa shape index (κ3) is 3.54. The Bertz CT molecular complexity index is 388. The number of aliphatic hydroxyl groups excluding tert-OH is 1. The molecule has 0 spiro atoms. The van der Waals surface area contributed by atoms with Gasteiger partial charge in [0, 0.05) is 9.64 Å². The SMILES string of the molecule is COc1cc(C)c(SC(C)(C)CO)cc1OC. The first kappa shape index (κ1) is 14.2. The summed E-state index contributed by atoms with van der Waals surface area (Å²) in [7, 11) is 3.25. The summed E-state index contributed by atoms with van der Waals surface area (Å²) >= 11 is 1.64. The predicted molar refractivity (Wildman–Crippen MR) is 71.3 cm³/mol. The lowest BCUT2D eigenvalue weighted by atomic mass is 10.2. The van der Waals surface area contributed by atoms with E-state index in [4.69, 9.17) is 9.47 Å². The monoisotopic (exact) mass is 256 g/mol. The second-order valence-electron chi connectivity index (χ2n) is 4.49. The van der Waals surface area contributed by atoms with Crippen molar-refractivity contribution in [3.8, 4) is 11.5 Å². The molecule has 0 saturated heterocycles. The molecule has 1 rings (SSSR count). The molecule has 1 aromatic carbocycles. The molecule has 1 N–H and O–H groups in total. The molecule has 0 aliphatic rings. The van der Waals surface area contributed by atoms with Crippen molar-refractivity contribution >= 4 is 11.8 Å². The van der Waals surface area contributed by atoms with Crippen molar-refractivity contribution in [2.75, 3.05) is 20.8 Å². The molecule has 0 fully saturated rings. The van der Waals surface area contributed by atoms with E-state index in [9.17, 15) is 5.11 Å². The van der Waals surface area contributed by atoms with Crippen molar-refractivity contribution in [2.45, 2.75) is 30.4 Å². The number of benzene rings is 1. The largest absolute Gasteiger partial charge is 0.493 e. The number of aryl methyl sites for hydroxylation is 1. The highest BCUT2D eigenvalue weighted by Gasteiger charge is 2.20. The van der Waals surface area contributed by atoms with Crippen LogP contribution in [0, 0.1) is 6.92 Å². The smallest absolute Gasteiger partial charge is 0.161 e. The lowest BCUT2D eigenvalue weighted by Gasteiger charge is -2.22. The second kappa shape index (κ2) is 5.65. The van der Waals surface area contributed by atoms with Crippen molar-refractivity contribution in [1.29, 1.82) is 0 Å². The third-order valence-electron chi connectivity index (χ3n) is 2.45. The van der Waals surface area contributed by atoms with E-state index in [0.29, 0.717) is 5.75 Å². The van der Waals surface area contributed by atoms with E-state index in [1.807, 2.05) is 32.9 Å². The molecule has 96 valence electrons. The third-order valence-corrected chi connectivity index (χ3v) is 3.79. The first-order valence-electron chi connectivity index (χ1n) is 5.46. The standard InChI is InChI=1S/C13H20O3S/c1-9-6-10(15-4)11(16-5)7-12(9)17-13(2,3)8-14/h6-7,14H,8H2,1-5H3. The van der Waals surface area contributed by atoms with Crippen LogP contribution in [0.1, 0.15) is 19.4 Å². The Kier molecular flexibility index (Phi) is 4.71. The Balaban J connectivity index is 3.09. The van der Waals surface area contributed by atoms with Crippen LogP contribution >= 0.6 is 11.8 Å². The maximum atomic E-state index is 9.30. The summed E-state index contributed by atoms with van der Waals surface area (Å²) in [6, 6.07) is 3.91. The minimum absolute atomic E-state index is 0.130. The van der Waals surface area contributed by atoms with Crippen LogP contribution in [0.3, 0.4) is 0 Å². The fourth-order valence-corrected chi connectivity index (χ4v) is 2.45. The molecule has 0 unspecified atom stereocenters. The van der Waals surface area contributed by atoms with Crippen LogP contribution in [-0.4, -0.2) is 30.7 Å². The minimum Gasteiger partial charge on any atom is -0.493 e. The van der Waals surface area contributed by atoms with E-state index in [2.05, 4.69) is 0 Å². The van der Waals surface area contributed by atoms with Crippen molar-refractivity contribution in [1.82, 2.24) is 0 Å². The zero-order valence-corrected chi connectivity index (χ0v) is 11.9. The second-order valence-corrected chi connectivity index (χ2v) is 6.24. The quantitative estimate of drug-likeness (QED) is 0.822. The first-order chi connectivity index (χ1) is 7.93. The van der Waals surface area contributed by atoms with Gasteiger partial charge in [0.2, 0.25) is 0 Å². The van der Waals surface area contributed by atoms with Gasteiger partial charge in [-0.1, -0.05) is 0 Å². The van der Waals surface area contributed by atoms with Crippen molar-refractivity contribution in [3.63, 3.8) is 0 Å². The molecule has 3 nitrogen and oxygen atoms in total. The summed E-state index contributed by atoms with van der Waals surface area (Å²) in [6.07, 6.45) is 0. The van der Waals surface area contributed by atoms with E-state index in [1.165, 1.54) is 0 Å². The van der Waals surface area contributed by atoms with Crippen LogP contribution in [0.15, 0.2) is 17.0 Å². The highest BCUT2D eigenvalue weighted by Crippen LogP contribution is 2.39. The molecule has 0 bridgehead atoms. The Hall–Kier alpha value is -0.870. The van der Waals surface area contributed by atoms with E-state index in [-0.39, 0.29) is 11.4 Å². The molecule has 0 saturated carbocycles. The molecule has 1 aromatic rings. The van der Waals surface area contributed by atoms with Crippen LogP contribution in [0.25, 0.3) is 0 Å². The van der Waals surface area contributed by atoms with Crippen LogP contribution < -0.4 is 9.47 Å². The summed E-state index contributed by atoms with van der Waals surface area (Å²) in [6.45, 7) is 6.17. The van der Waals surface area contributed by atoms with E-state index >= 15 is 0 Å². The Morgan fingerprint density at radius 2 is 1.71 bits per heavy atom. The van der Waals surface area contributed by atoms with Crippen molar-refractivity contribution < 1.29 is 14.6 Å². The van der Waals surface area contributed by atoms with Gasteiger partial charge in [-0.05, 0) is 38.5 Å². The van der Waals surface area contributed by atoms with Gasteiger partial charge in [0.15, 0.2) is 11.5 Å². The van der Waals surface area contributed by atoms with Gasteiger partial charge >= 0.3 is 0 Å². The summed E-state index contributed by atoms with van der Waals surface area (Å²) in [5.74, 6) is 1.45. The highest BCUT2D eigenvalue weighted by atomic mass is 32.2. The van der Waals surface area contributed by atoms with Crippen molar-refractivity contribution in [2.24, 2.45) is 0 Å². The van der Waals surface area contributed by atoms with Crippen LogP contribution in [0.4, 0.5) is 0 Å². The Morgan fingerprint density at radius 3 is 2.18 bits per heavy atom. The van der Waals surface area contributed by atoms with E-state index in [1.54, 1.807) is 26.0 Å². The average molecular weight is 256 g/mol. The van der Waals surface area contributed by atoms with Crippen molar-refractivity contribution in [3.05, 3.63) is 17.7 Å².